The smallest absolute Gasteiger partial charge is 0.334 e. The molecule has 0 unspecified atom stereocenters. The molecule has 8 nitrogen and oxygen atoms in total. The molecule has 0 N–H and O–H groups in total. The topological polar surface area (TPSA) is 93.2 Å². The zero-order chi connectivity index (χ0) is 19.7. The first-order chi connectivity index (χ1) is 13.5. The van der Waals surface area contributed by atoms with Crippen molar-refractivity contribution < 1.29 is 28.7 Å². The first-order valence-corrected chi connectivity index (χ1v) is 9.32. The molecule has 146 valence electrons. The van der Waals surface area contributed by atoms with Crippen LogP contribution in [0.15, 0.2) is 29.8 Å². The molecule has 1 fully saturated rings. The van der Waals surface area contributed by atoms with Gasteiger partial charge in [0.25, 0.3) is 0 Å². The summed E-state index contributed by atoms with van der Waals surface area (Å²) in [5.74, 6) is -1.33. The van der Waals surface area contributed by atoms with Crippen molar-refractivity contribution in [2.45, 2.75) is 32.1 Å². The maximum atomic E-state index is 12.5. The number of fused-ring (bicyclic) bond motifs is 1. The molecule has 0 aromatic heterocycles. The van der Waals surface area contributed by atoms with Crippen LogP contribution in [-0.2, 0) is 9.59 Å². The molecule has 1 aliphatic carbocycles. The number of hydrogen-bond acceptors (Lipinski definition) is 6. The monoisotopic (exact) mass is 384 g/mol. The maximum absolute atomic E-state index is 12.5. The summed E-state index contributed by atoms with van der Waals surface area (Å²) in [6, 6.07) is 3.90. The molecule has 0 saturated carbocycles. The largest absolute Gasteiger partial charge is 0.454 e. The summed E-state index contributed by atoms with van der Waals surface area (Å²) in [6.45, 7) is -0.248. The molecule has 2 heterocycles. The van der Waals surface area contributed by atoms with E-state index in [0.717, 1.165) is 30.6 Å². The number of urea groups is 1. The highest BCUT2D eigenvalue weighted by molar-refractivity contribution is 6.45. The van der Waals surface area contributed by atoms with E-state index in [1.54, 1.807) is 6.07 Å². The fourth-order valence-electron chi connectivity index (χ4n) is 3.58. The number of allylic oxidation sites excluding steroid dienone is 1. The van der Waals surface area contributed by atoms with Gasteiger partial charge in [-0.15, -0.1) is 0 Å². The van der Waals surface area contributed by atoms with Crippen molar-refractivity contribution in [1.82, 2.24) is 9.80 Å². The van der Waals surface area contributed by atoms with E-state index in [9.17, 15) is 19.2 Å². The Morgan fingerprint density at radius 1 is 1.00 bits per heavy atom. The third-order valence-corrected chi connectivity index (χ3v) is 5.17. The SMILES string of the molecule is O=C(CN1C(=O)C(=O)N(CCC2=CCCCC2)C1=O)c1ccc2c(c1)OCO2. The summed E-state index contributed by atoms with van der Waals surface area (Å²) in [5.41, 5.74) is 1.48. The molecule has 0 spiro atoms. The van der Waals surface area contributed by atoms with Crippen molar-refractivity contribution in [3.8, 4) is 11.5 Å². The zero-order valence-electron chi connectivity index (χ0n) is 15.3. The van der Waals surface area contributed by atoms with Crippen LogP contribution < -0.4 is 9.47 Å². The number of nitrogens with zero attached hydrogens (tertiary/aromatic N) is 2. The number of rotatable bonds is 6. The van der Waals surface area contributed by atoms with Crippen LogP contribution in [0.5, 0.6) is 11.5 Å². The van der Waals surface area contributed by atoms with Gasteiger partial charge in [0.2, 0.25) is 6.79 Å². The zero-order valence-corrected chi connectivity index (χ0v) is 15.3. The normalized spacial score (nSPS) is 18.7. The average molecular weight is 384 g/mol. The molecule has 8 heteroatoms. The Hall–Kier alpha value is -3.16. The number of benzene rings is 1. The molecule has 1 aromatic carbocycles. The van der Waals surface area contributed by atoms with Gasteiger partial charge in [0.1, 0.15) is 0 Å². The molecule has 2 aliphatic heterocycles. The van der Waals surface area contributed by atoms with Gasteiger partial charge in [-0.05, 0) is 50.3 Å². The predicted octanol–water partition coefficient (Wildman–Crippen LogP) is 2.28. The van der Waals surface area contributed by atoms with Crippen LogP contribution in [0.3, 0.4) is 0 Å². The van der Waals surface area contributed by atoms with Gasteiger partial charge in [-0.3, -0.25) is 19.3 Å². The third kappa shape index (κ3) is 3.37. The highest BCUT2D eigenvalue weighted by atomic mass is 16.7. The van der Waals surface area contributed by atoms with E-state index in [4.69, 9.17) is 9.47 Å². The lowest BCUT2D eigenvalue weighted by Gasteiger charge is -2.17. The van der Waals surface area contributed by atoms with Crippen molar-refractivity contribution >= 4 is 23.6 Å². The van der Waals surface area contributed by atoms with Crippen molar-refractivity contribution in [3.05, 3.63) is 35.4 Å². The summed E-state index contributed by atoms with van der Waals surface area (Å²) < 4.78 is 10.4. The Morgan fingerprint density at radius 3 is 2.57 bits per heavy atom. The fourth-order valence-corrected chi connectivity index (χ4v) is 3.58. The Labute approximate surface area is 161 Å². The molecule has 0 bridgehead atoms. The summed E-state index contributed by atoms with van der Waals surface area (Å²) in [4.78, 5) is 51.2. The van der Waals surface area contributed by atoms with Crippen molar-refractivity contribution in [3.63, 3.8) is 0 Å². The van der Waals surface area contributed by atoms with Crippen LogP contribution >= 0.6 is 0 Å². The molecular weight excluding hydrogens is 364 g/mol. The third-order valence-electron chi connectivity index (χ3n) is 5.17. The number of carbonyl (C=O) groups is 4. The molecule has 4 rings (SSSR count). The predicted molar refractivity (Wildman–Crippen MR) is 96.9 cm³/mol. The van der Waals surface area contributed by atoms with Crippen LogP contribution in [0.1, 0.15) is 42.5 Å². The van der Waals surface area contributed by atoms with Gasteiger partial charge < -0.3 is 9.47 Å². The molecule has 0 atom stereocenters. The second kappa shape index (κ2) is 7.46. The lowest BCUT2D eigenvalue weighted by Crippen LogP contribution is -2.37. The van der Waals surface area contributed by atoms with Gasteiger partial charge in [-0.25, -0.2) is 9.69 Å². The maximum Gasteiger partial charge on any atom is 0.334 e. The van der Waals surface area contributed by atoms with Crippen LogP contribution in [0.25, 0.3) is 0 Å². The van der Waals surface area contributed by atoms with E-state index in [1.165, 1.54) is 17.7 Å². The average Bonchev–Trinajstić information content (AvgIpc) is 3.26. The quantitative estimate of drug-likeness (QED) is 0.323. The molecule has 3 aliphatic rings. The lowest BCUT2D eigenvalue weighted by molar-refractivity contribution is -0.143. The van der Waals surface area contributed by atoms with Crippen LogP contribution in [0.2, 0.25) is 0 Å². The number of carbonyl (C=O) groups excluding carboxylic acids is 4. The highest BCUT2D eigenvalue weighted by Gasteiger charge is 2.45. The van der Waals surface area contributed by atoms with Crippen molar-refractivity contribution in [2.24, 2.45) is 0 Å². The summed E-state index contributed by atoms with van der Waals surface area (Å²) >= 11 is 0. The molecule has 28 heavy (non-hydrogen) atoms. The summed E-state index contributed by atoms with van der Waals surface area (Å²) in [6.07, 6.45) is 6.91. The number of ether oxygens (including phenoxy) is 2. The van der Waals surface area contributed by atoms with E-state index >= 15 is 0 Å². The summed E-state index contributed by atoms with van der Waals surface area (Å²) in [5, 5.41) is 0. The number of ketones is 1. The Morgan fingerprint density at radius 2 is 1.79 bits per heavy atom. The Kier molecular flexibility index (Phi) is 4.85. The van der Waals surface area contributed by atoms with Gasteiger partial charge in [-0.2, -0.15) is 0 Å². The first-order valence-electron chi connectivity index (χ1n) is 9.32. The summed E-state index contributed by atoms with van der Waals surface area (Å²) in [7, 11) is 0. The minimum absolute atomic E-state index is 0.0793. The number of amides is 4. The van der Waals surface area contributed by atoms with Crippen LogP contribution in [-0.4, -0.2) is 53.3 Å². The van der Waals surface area contributed by atoms with E-state index in [-0.39, 0.29) is 18.9 Å². The fraction of sp³-hybridized carbons (Fsp3) is 0.400. The van der Waals surface area contributed by atoms with Gasteiger partial charge in [0, 0.05) is 12.1 Å². The Balaban J connectivity index is 1.42. The van der Waals surface area contributed by atoms with Gasteiger partial charge in [0.15, 0.2) is 17.3 Å². The molecule has 1 aromatic rings. The second-order valence-electron chi connectivity index (χ2n) is 6.98. The molecule has 1 saturated heterocycles. The van der Waals surface area contributed by atoms with Crippen LogP contribution in [0, 0.1) is 0 Å². The minimum atomic E-state index is -0.961. The van der Waals surface area contributed by atoms with Gasteiger partial charge >= 0.3 is 17.8 Å². The lowest BCUT2D eigenvalue weighted by atomic mass is 9.97. The van der Waals surface area contributed by atoms with Crippen molar-refractivity contribution in [2.75, 3.05) is 19.9 Å². The standard InChI is InChI=1S/C20H20N2O6/c23-15(14-6-7-16-17(10-14)28-12-27-16)11-22-19(25)18(24)21(20(22)26)9-8-13-4-2-1-3-5-13/h4,6-7,10H,1-3,5,8-9,11-12H2. The van der Waals surface area contributed by atoms with E-state index in [2.05, 4.69) is 6.08 Å². The Bertz CT molecular complexity index is 891. The van der Waals surface area contributed by atoms with Crippen LogP contribution in [0.4, 0.5) is 4.79 Å². The first kappa shape index (κ1) is 18.2. The minimum Gasteiger partial charge on any atom is -0.454 e. The molecule has 0 radical (unpaired) electrons. The van der Waals surface area contributed by atoms with E-state index in [0.29, 0.717) is 22.8 Å². The van der Waals surface area contributed by atoms with Gasteiger partial charge in [-0.1, -0.05) is 11.6 Å². The number of hydrogen-bond donors (Lipinski definition) is 0. The molecule has 4 amide bonds. The molecular formula is C20H20N2O6. The highest BCUT2D eigenvalue weighted by Crippen LogP contribution is 2.32. The van der Waals surface area contributed by atoms with Gasteiger partial charge in [0.05, 0.1) is 6.54 Å². The van der Waals surface area contributed by atoms with Crippen molar-refractivity contribution in [1.29, 1.82) is 0 Å². The number of imide groups is 2. The van der Waals surface area contributed by atoms with E-state index < -0.39 is 30.2 Å². The van der Waals surface area contributed by atoms with E-state index in [1.807, 2.05) is 0 Å². The number of Topliss-reactive ketones (excluding diaryl/α,β-unsaturated/α-hetero) is 1. The second-order valence-corrected chi connectivity index (χ2v) is 6.98.